The van der Waals surface area contributed by atoms with Crippen LogP contribution in [0.15, 0.2) is 18.5 Å². The number of rotatable bonds is 2. The van der Waals surface area contributed by atoms with Gasteiger partial charge in [-0.3, -0.25) is 0 Å². The lowest BCUT2D eigenvalue weighted by atomic mass is 9.96. The third-order valence-corrected chi connectivity index (χ3v) is 4.86. The summed E-state index contributed by atoms with van der Waals surface area (Å²) in [7, 11) is 4.11. The summed E-state index contributed by atoms with van der Waals surface area (Å²) in [5.74, 6) is 1.09. The minimum absolute atomic E-state index is 0.432. The second-order valence-electron chi connectivity index (χ2n) is 6.49. The van der Waals surface area contributed by atoms with E-state index in [0.29, 0.717) is 11.7 Å². The Morgan fingerprint density at radius 2 is 2.22 bits per heavy atom. The van der Waals surface area contributed by atoms with E-state index in [1.54, 1.807) is 4.52 Å². The Balaban J connectivity index is 1.78. The molecule has 1 fully saturated rings. The lowest BCUT2D eigenvalue weighted by Crippen LogP contribution is -2.29. The summed E-state index contributed by atoms with van der Waals surface area (Å²) in [6.45, 7) is 2.92. The Morgan fingerprint density at radius 1 is 1.35 bits per heavy atom. The van der Waals surface area contributed by atoms with Crippen molar-refractivity contribution in [1.82, 2.24) is 29.9 Å². The maximum Gasteiger partial charge on any atom is 0.165 e. The van der Waals surface area contributed by atoms with Gasteiger partial charge in [-0.2, -0.15) is 9.61 Å². The number of hydrazine groups is 1. The number of fused-ring (bicyclic) bond motifs is 1. The van der Waals surface area contributed by atoms with E-state index in [-0.39, 0.29) is 0 Å². The van der Waals surface area contributed by atoms with Crippen LogP contribution in [0.4, 0.5) is 5.82 Å². The van der Waals surface area contributed by atoms with Gasteiger partial charge in [0.2, 0.25) is 0 Å². The smallest absolute Gasteiger partial charge is 0.165 e. The number of nitrogens with two attached hydrogens (primary N) is 1. The molecule has 7 nitrogen and oxygen atoms in total. The van der Waals surface area contributed by atoms with Gasteiger partial charge in [-0.1, -0.05) is 0 Å². The summed E-state index contributed by atoms with van der Waals surface area (Å²) in [6.07, 6.45) is 6.35. The minimum Gasteiger partial charge on any atom is -0.384 e. The average Bonchev–Trinajstić information content (AvgIpc) is 3.12. The zero-order chi connectivity index (χ0) is 16.0. The van der Waals surface area contributed by atoms with Gasteiger partial charge in [-0.05, 0) is 25.0 Å². The van der Waals surface area contributed by atoms with Crippen LogP contribution >= 0.6 is 0 Å². The molecule has 2 aliphatic heterocycles. The first-order valence-corrected chi connectivity index (χ1v) is 8.13. The molecule has 23 heavy (non-hydrogen) atoms. The predicted octanol–water partition coefficient (Wildman–Crippen LogP) is 0.912. The van der Waals surface area contributed by atoms with Crippen molar-refractivity contribution in [3.8, 4) is 0 Å². The van der Waals surface area contributed by atoms with Crippen LogP contribution in [-0.2, 0) is 0 Å². The molecule has 1 unspecified atom stereocenters. The number of hydrogen-bond acceptors (Lipinski definition) is 6. The summed E-state index contributed by atoms with van der Waals surface area (Å²) in [6, 6.07) is 1.97. The lowest BCUT2D eigenvalue weighted by Gasteiger charge is -2.22. The molecule has 0 saturated carbocycles. The summed E-state index contributed by atoms with van der Waals surface area (Å²) in [5.41, 5.74) is 10.5. The van der Waals surface area contributed by atoms with Crippen molar-refractivity contribution >= 4 is 17.0 Å². The van der Waals surface area contributed by atoms with Crippen LogP contribution in [0.25, 0.3) is 11.2 Å². The third kappa shape index (κ3) is 2.46. The van der Waals surface area contributed by atoms with E-state index in [1.807, 2.05) is 19.3 Å². The zero-order valence-corrected chi connectivity index (χ0v) is 13.7. The molecule has 0 aromatic carbocycles. The maximum atomic E-state index is 6.23. The lowest BCUT2D eigenvalue weighted by molar-refractivity contribution is 0.118. The van der Waals surface area contributed by atoms with Crippen LogP contribution in [0.2, 0.25) is 0 Å². The average molecular weight is 313 g/mol. The summed E-state index contributed by atoms with van der Waals surface area (Å²) in [4.78, 5) is 4.92. The van der Waals surface area contributed by atoms with Crippen molar-refractivity contribution in [2.24, 2.45) is 0 Å². The van der Waals surface area contributed by atoms with Crippen molar-refractivity contribution in [2.75, 3.05) is 39.5 Å². The highest BCUT2D eigenvalue weighted by molar-refractivity contribution is 5.78. The van der Waals surface area contributed by atoms with Crippen molar-refractivity contribution < 1.29 is 0 Å². The second kappa shape index (κ2) is 5.50. The molecule has 1 saturated heterocycles. The van der Waals surface area contributed by atoms with Gasteiger partial charge in [0.15, 0.2) is 5.65 Å². The molecular weight excluding hydrogens is 290 g/mol. The molecule has 0 spiro atoms. The molecule has 2 aliphatic rings. The van der Waals surface area contributed by atoms with Crippen molar-refractivity contribution in [3.05, 3.63) is 29.7 Å². The Kier molecular flexibility index (Phi) is 3.46. The molecule has 1 atom stereocenters. The highest BCUT2D eigenvalue weighted by Crippen LogP contribution is 2.29. The van der Waals surface area contributed by atoms with Crippen molar-refractivity contribution in [3.63, 3.8) is 0 Å². The van der Waals surface area contributed by atoms with Crippen LogP contribution in [0, 0.1) is 0 Å². The fourth-order valence-corrected chi connectivity index (χ4v) is 3.42. The second-order valence-corrected chi connectivity index (χ2v) is 6.49. The highest BCUT2D eigenvalue weighted by Gasteiger charge is 2.23. The summed E-state index contributed by atoms with van der Waals surface area (Å²) < 4.78 is 1.74. The molecule has 0 radical (unpaired) electrons. The van der Waals surface area contributed by atoms with E-state index in [2.05, 4.69) is 33.7 Å². The fourth-order valence-electron chi connectivity index (χ4n) is 3.42. The number of nitrogens with zero attached hydrogens (tertiary/aromatic N) is 5. The molecule has 4 rings (SSSR count). The van der Waals surface area contributed by atoms with Crippen LogP contribution in [-0.4, -0.2) is 58.3 Å². The first-order chi connectivity index (χ1) is 11.1. The van der Waals surface area contributed by atoms with Gasteiger partial charge in [-0.25, -0.2) is 9.99 Å². The van der Waals surface area contributed by atoms with Crippen LogP contribution in [0.5, 0.6) is 0 Å². The Morgan fingerprint density at radius 3 is 2.91 bits per heavy atom. The number of aromatic nitrogens is 3. The van der Waals surface area contributed by atoms with Gasteiger partial charge in [-0.15, -0.1) is 0 Å². The number of anilines is 1. The van der Waals surface area contributed by atoms with E-state index in [9.17, 15) is 0 Å². The molecule has 2 aromatic heterocycles. The van der Waals surface area contributed by atoms with Crippen LogP contribution in [0.1, 0.15) is 30.0 Å². The van der Waals surface area contributed by atoms with Crippen LogP contribution < -0.4 is 11.1 Å². The van der Waals surface area contributed by atoms with Crippen molar-refractivity contribution in [1.29, 1.82) is 0 Å². The quantitative estimate of drug-likeness (QED) is 0.858. The highest BCUT2D eigenvalue weighted by atomic mass is 15.6. The fraction of sp³-hybridized carbons (Fsp3) is 0.500. The number of nitrogens with one attached hydrogen (secondary N) is 1. The standard InChI is InChI=1S/C16H23N7/c1-21-9-12(10-22(21)2)13-8-19-23-15(17)6-14(20-16(13)23)11-4-3-5-18-7-11/h6,8-9,11,18H,3-5,7,10,17H2,1-2H3. The largest absolute Gasteiger partial charge is 0.384 e. The summed E-state index contributed by atoms with van der Waals surface area (Å²) >= 11 is 0. The molecule has 122 valence electrons. The number of likely N-dealkylation sites (N-methyl/N-ethyl adjacent to an activating group) is 1. The molecule has 0 bridgehead atoms. The maximum absolute atomic E-state index is 6.23. The predicted molar refractivity (Wildman–Crippen MR) is 90.6 cm³/mol. The molecule has 0 amide bonds. The van der Waals surface area contributed by atoms with E-state index in [4.69, 9.17) is 10.7 Å². The van der Waals surface area contributed by atoms with E-state index in [0.717, 1.165) is 43.0 Å². The molecular formula is C16H23N7. The molecule has 7 heteroatoms. The van der Waals surface area contributed by atoms with Gasteiger partial charge >= 0.3 is 0 Å². The summed E-state index contributed by atoms with van der Waals surface area (Å²) in [5, 5.41) is 12.1. The SMILES string of the molecule is CN1C=C(c2cnn3c(N)cc(C4CCCNC4)nc23)CN1C. The van der Waals surface area contributed by atoms with Crippen molar-refractivity contribution in [2.45, 2.75) is 18.8 Å². The van der Waals surface area contributed by atoms with Gasteiger partial charge in [0.25, 0.3) is 0 Å². The van der Waals surface area contributed by atoms with Gasteiger partial charge < -0.3 is 16.1 Å². The third-order valence-electron chi connectivity index (χ3n) is 4.86. The Labute approximate surface area is 135 Å². The first kappa shape index (κ1) is 14.5. The van der Waals surface area contributed by atoms with Gasteiger partial charge in [0.05, 0.1) is 11.9 Å². The Bertz CT molecular complexity index is 757. The number of piperidine rings is 1. The molecule has 0 aliphatic carbocycles. The van der Waals surface area contributed by atoms with E-state index in [1.165, 1.54) is 12.0 Å². The first-order valence-electron chi connectivity index (χ1n) is 8.13. The van der Waals surface area contributed by atoms with Gasteiger partial charge in [0, 0.05) is 50.9 Å². The minimum atomic E-state index is 0.432. The number of nitrogen functional groups attached to an aromatic ring is 1. The molecule has 4 heterocycles. The van der Waals surface area contributed by atoms with E-state index < -0.39 is 0 Å². The van der Waals surface area contributed by atoms with E-state index >= 15 is 0 Å². The molecule has 3 N–H and O–H groups in total. The van der Waals surface area contributed by atoms with Crippen LogP contribution in [0.3, 0.4) is 0 Å². The Hall–Kier alpha value is -2.12. The molecule has 2 aromatic rings. The number of hydrogen-bond donors (Lipinski definition) is 2. The monoisotopic (exact) mass is 313 g/mol. The zero-order valence-electron chi connectivity index (χ0n) is 13.7. The topological polar surface area (TPSA) is 74.7 Å². The van der Waals surface area contributed by atoms with Gasteiger partial charge in [0.1, 0.15) is 5.82 Å². The normalized spacial score (nSPS) is 22.8.